The number of hydrogen-bond acceptors (Lipinski definition) is 2. The Balaban J connectivity index is 3.44. The average Bonchev–Trinajstić information content (AvgIpc) is 2.26. The molecule has 2 heteroatoms. The van der Waals surface area contributed by atoms with Crippen LogP contribution >= 0.6 is 0 Å². The lowest BCUT2D eigenvalue weighted by Crippen LogP contribution is -2.11. The predicted molar refractivity (Wildman–Crippen MR) is 68.3 cm³/mol. The van der Waals surface area contributed by atoms with Crippen molar-refractivity contribution in [2.45, 2.75) is 66.2 Å². The van der Waals surface area contributed by atoms with Crippen molar-refractivity contribution in [2.24, 2.45) is 11.8 Å². The fourth-order valence-corrected chi connectivity index (χ4v) is 1.61. The molecule has 0 amide bonds. The number of carbonyl (C=O) groups excluding carboxylic acids is 1. The third-order valence-electron chi connectivity index (χ3n) is 3.07. The smallest absolute Gasteiger partial charge is 0.305 e. The summed E-state index contributed by atoms with van der Waals surface area (Å²) in [7, 11) is 0. The van der Waals surface area contributed by atoms with Crippen molar-refractivity contribution in [1.82, 2.24) is 0 Å². The molecule has 0 spiro atoms. The van der Waals surface area contributed by atoms with Crippen molar-refractivity contribution in [1.29, 1.82) is 0 Å². The quantitative estimate of drug-likeness (QED) is 0.553. The number of ether oxygens (including phenoxy) is 1. The Morgan fingerprint density at radius 3 is 2.31 bits per heavy atom. The minimum atomic E-state index is -0.0451. The van der Waals surface area contributed by atoms with Crippen LogP contribution in [0.2, 0.25) is 0 Å². The number of carbonyl (C=O) groups is 1. The first-order valence-electron chi connectivity index (χ1n) is 6.75. The molecule has 16 heavy (non-hydrogen) atoms. The van der Waals surface area contributed by atoms with Crippen molar-refractivity contribution in [3.8, 4) is 0 Å². The molecule has 2 nitrogen and oxygen atoms in total. The van der Waals surface area contributed by atoms with Crippen LogP contribution in [0.1, 0.15) is 66.2 Å². The van der Waals surface area contributed by atoms with Gasteiger partial charge in [-0.1, -0.05) is 47.0 Å². The fourth-order valence-electron chi connectivity index (χ4n) is 1.61. The Kier molecular flexibility index (Phi) is 9.36. The van der Waals surface area contributed by atoms with Crippen molar-refractivity contribution < 1.29 is 9.53 Å². The lowest BCUT2D eigenvalue weighted by atomic mass is 9.97. The van der Waals surface area contributed by atoms with Crippen LogP contribution in [0.4, 0.5) is 0 Å². The molecule has 0 heterocycles. The van der Waals surface area contributed by atoms with Crippen LogP contribution in [0.25, 0.3) is 0 Å². The Hall–Kier alpha value is -0.530. The zero-order valence-electron chi connectivity index (χ0n) is 11.4. The predicted octanol–water partition coefficient (Wildman–Crippen LogP) is 4.18. The molecule has 0 saturated heterocycles. The molecule has 0 saturated carbocycles. The van der Waals surface area contributed by atoms with Crippen LogP contribution in [0, 0.1) is 11.8 Å². The number of rotatable bonds is 9. The molecule has 0 unspecified atom stereocenters. The van der Waals surface area contributed by atoms with Gasteiger partial charge in [0.05, 0.1) is 6.61 Å². The molecule has 0 aliphatic heterocycles. The Labute approximate surface area is 101 Å². The van der Waals surface area contributed by atoms with Crippen molar-refractivity contribution in [3.63, 3.8) is 0 Å². The zero-order valence-corrected chi connectivity index (χ0v) is 11.4. The van der Waals surface area contributed by atoms with Crippen molar-refractivity contribution >= 4 is 5.97 Å². The van der Waals surface area contributed by atoms with E-state index in [1.54, 1.807) is 0 Å². The van der Waals surface area contributed by atoms with E-state index in [1.165, 1.54) is 25.7 Å². The molecule has 0 bridgehead atoms. The third-order valence-corrected chi connectivity index (χ3v) is 3.07. The van der Waals surface area contributed by atoms with Gasteiger partial charge in [-0.2, -0.15) is 0 Å². The summed E-state index contributed by atoms with van der Waals surface area (Å²) < 4.78 is 5.19. The van der Waals surface area contributed by atoms with Gasteiger partial charge in [-0.05, 0) is 24.7 Å². The minimum absolute atomic E-state index is 0.0451. The van der Waals surface area contributed by atoms with Gasteiger partial charge in [0.15, 0.2) is 0 Å². The van der Waals surface area contributed by atoms with Crippen LogP contribution in [0.5, 0.6) is 0 Å². The molecule has 0 aliphatic rings. The highest BCUT2D eigenvalue weighted by atomic mass is 16.5. The molecule has 0 rings (SSSR count). The minimum Gasteiger partial charge on any atom is -0.465 e. The molecule has 2 atom stereocenters. The van der Waals surface area contributed by atoms with Gasteiger partial charge in [-0.3, -0.25) is 4.79 Å². The summed E-state index contributed by atoms with van der Waals surface area (Å²) in [6.45, 7) is 9.29. The molecule has 0 N–H and O–H groups in total. The van der Waals surface area contributed by atoms with Gasteiger partial charge in [0, 0.05) is 6.42 Å². The van der Waals surface area contributed by atoms with Crippen molar-refractivity contribution in [2.75, 3.05) is 6.61 Å². The molecule has 0 radical (unpaired) electrons. The number of hydrogen-bond donors (Lipinski definition) is 0. The van der Waals surface area contributed by atoms with Crippen LogP contribution < -0.4 is 0 Å². The molecule has 0 aromatic heterocycles. The van der Waals surface area contributed by atoms with E-state index in [0.29, 0.717) is 18.9 Å². The largest absolute Gasteiger partial charge is 0.465 e. The van der Waals surface area contributed by atoms with E-state index >= 15 is 0 Å². The third kappa shape index (κ3) is 8.75. The second-order valence-electron chi connectivity index (χ2n) is 4.98. The highest BCUT2D eigenvalue weighted by molar-refractivity contribution is 5.69. The lowest BCUT2D eigenvalue weighted by Gasteiger charge is -2.13. The second kappa shape index (κ2) is 9.68. The topological polar surface area (TPSA) is 26.3 Å². The second-order valence-corrected chi connectivity index (χ2v) is 4.98. The Morgan fingerprint density at radius 2 is 1.75 bits per heavy atom. The summed E-state index contributed by atoms with van der Waals surface area (Å²) in [4.78, 5) is 11.2. The number of esters is 1. The average molecular weight is 228 g/mol. The van der Waals surface area contributed by atoms with E-state index < -0.39 is 0 Å². The maximum absolute atomic E-state index is 11.2. The van der Waals surface area contributed by atoms with Gasteiger partial charge in [0.25, 0.3) is 0 Å². The van der Waals surface area contributed by atoms with Crippen LogP contribution in [-0.4, -0.2) is 12.6 Å². The van der Waals surface area contributed by atoms with Gasteiger partial charge in [0.2, 0.25) is 0 Å². The standard InChI is InChI=1S/C14H28O2/c1-5-8-14(15)16-11-13(4)10-7-9-12(3)6-2/h12-13H,5-11H2,1-4H3/t12-,13+/m1/s1. The van der Waals surface area contributed by atoms with Gasteiger partial charge in [-0.15, -0.1) is 0 Å². The molecule has 0 aromatic rings. The van der Waals surface area contributed by atoms with Crippen LogP contribution in [0.15, 0.2) is 0 Å². The molecular formula is C14H28O2. The van der Waals surface area contributed by atoms with E-state index in [1.807, 2.05) is 6.92 Å². The molecule has 0 fully saturated rings. The molecule has 0 aliphatic carbocycles. The Morgan fingerprint density at radius 1 is 1.12 bits per heavy atom. The fraction of sp³-hybridized carbons (Fsp3) is 0.929. The normalized spacial score (nSPS) is 14.5. The first-order chi connectivity index (χ1) is 7.60. The zero-order chi connectivity index (χ0) is 12.4. The summed E-state index contributed by atoms with van der Waals surface area (Å²) in [6, 6.07) is 0. The summed E-state index contributed by atoms with van der Waals surface area (Å²) in [5, 5.41) is 0. The summed E-state index contributed by atoms with van der Waals surface area (Å²) >= 11 is 0. The van der Waals surface area contributed by atoms with E-state index in [0.717, 1.165) is 12.3 Å². The van der Waals surface area contributed by atoms with E-state index in [-0.39, 0.29) is 5.97 Å². The highest BCUT2D eigenvalue weighted by Crippen LogP contribution is 2.15. The monoisotopic (exact) mass is 228 g/mol. The first kappa shape index (κ1) is 15.5. The Bertz CT molecular complexity index is 178. The van der Waals surface area contributed by atoms with E-state index in [2.05, 4.69) is 20.8 Å². The maximum Gasteiger partial charge on any atom is 0.305 e. The summed E-state index contributed by atoms with van der Waals surface area (Å²) in [5.74, 6) is 1.29. The maximum atomic E-state index is 11.2. The van der Waals surface area contributed by atoms with Gasteiger partial charge >= 0.3 is 5.97 Å². The summed E-state index contributed by atoms with van der Waals surface area (Å²) in [5.41, 5.74) is 0. The molecule has 96 valence electrons. The molecular weight excluding hydrogens is 200 g/mol. The SMILES string of the molecule is CCCC(=O)OC[C@@H](C)CCC[C@H](C)CC. The molecule has 0 aromatic carbocycles. The van der Waals surface area contributed by atoms with E-state index in [4.69, 9.17) is 4.74 Å². The van der Waals surface area contributed by atoms with Crippen LogP contribution in [0.3, 0.4) is 0 Å². The van der Waals surface area contributed by atoms with Crippen LogP contribution in [-0.2, 0) is 9.53 Å². The van der Waals surface area contributed by atoms with E-state index in [9.17, 15) is 4.79 Å². The summed E-state index contributed by atoms with van der Waals surface area (Å²) in [6.07, 6.45) is 6.41. The van der Waals surface area contributed by atoms with Gasteiger partial charge in [0.1, 0.15) is 0 Å². The van der Waals surface area contributed by atoms with Crippen molar-refractivity contribution in [3.05, 3.63) is 0 Å². The highest BCUT2D eigenvalue weighted by Gasteiger charge is 2.07. The van der Waals surface area contributed by atoms with Gasteiger partial charge < -0.3 is 4.74 Å². The van der Waals surface area contributed by atoms with Gasteiger partial charge in [-0.25, -0.2) is 0 Å². The lowest BCUT2D eigenvalue weighted by molar-refractivity contribution is -0.144. The first-order valence-corrected chi connectivity index (χ1v) is 6.75.